The van der Waals surface area contributed by atoms with Gasteiger partial charge in [0.1, 0.15) is 19.3 Å². The van der Waals surface area contributed by atoms with Crippen molar-refractivity contribution in [1.82, 2.24) is 0 Å². The van der Waals surface area contributed by atoms with E-state index in [2.05, 4.69) is 48.5 Å². The molecule has 5 atom stereocenters. The lowest BCUT2D eigenvalue weighted by atomic mass is 10.0. The Morgan fingerprint density at radius 1 is 0.273 bits per heavy atom. The molecule has 0 amide bonds. The van der Waals surface area contributed by atoms with Crippen LogP contribution in [0, 0.1) is 17.8 Å². The molecule has 0 bridgehead atoms. The molecule has 0 fully saturated rings. The number of rotatable bonds is 78. The van der Waals surface area contributed by atoms with E-state index in [4.69, 9.17) is 37.0 Å². The third-order valence-corrected chi connectivity index (χ3v) is 20.5. The first-order valence-corrected chi connectivity index (χ1v) is 44.3. The van der Waals surface area contributed by atoms with Crippen molar-refractivity contribution in [3.05, 3.63) is 0 Å². The van der Waals surface area contributed by atoms with Gasteiger partial charge in [-0.1, -0.05) is 363 Å². The zero-order valence-electron chi connectivity index (χ0n) is 65.0. The molecule has 588 valence electrons. The number of aliphatic hydroxyl groups excluding tert-OH is 1. The minimum atomic E-state index is -4.96. The van der Waals surface area contributed by atoms with Crippen LogP contribution in [0.4, 0.5) is 0 Å². The lowest BCUT2D eigenvalue weighted by Gasteiger charge is -2.21. The second-order valence-corrected chi connectivity index (χ2v) is 33.1. The molecular formula is C80H156O17P2. The molecule has 0 aliphatic carbocycles. The van der Waals surface area contributed by atoms with Crippen molar-refractivity contribution >= 4 is 39.5 Å². The molecule has 0 saturated carbocycles. The standard InChI is InChI=1S/C80H156O17P2/c1-8-9-10-11-12-13-14-15-16-17-18-19-20-21-22-23-28-34-41-49-56-63-79(84)96-75(67-90-77(82)61-54-47-40-33-29-24-26-31-37-44-51-58-71(2)3)69-94-98(86,87)92-65-74(81)66-93-99(88,89)95-70-76(68-91-78(83)62-55-48-43-36-39-46-53-60-73(6)7)97-80(85)64-57-50-42-35-30-25-27-32-38-45-52-59-72(4)5/h71-76,81H,8-70H2,1-7H3,(H,86,87)(H,88,89)/t74-,75-,76-/m1/s1. The number of hydrogen-bond acceptors (Lipinski definition) is 15. The van der Waals surface area contributed by atoms with Gasteiger partial charge in [0, 0.05) is 25.7 Å². The lowest BCUT2D eigenvalue weighted by molar-refractivity contribution is -0.161. The van der Waals surface area contributed by atoms with Crippen molar-refractivity contribution in [3.63, 3.8) is 0 Å². The number of aliphatic hydroxyl groups is 1. The Bertz CT molecular complexity index is 1920. The fraction of sp³-hybridized carbons (Fsp3) is 0.950. The molecule has 99 heavy (non-hydrogen) atoms. The number of phosphoric ester groups is 2. The van der Waals surface area contributed by atoms with Gasteiger partial charge >= 0.3 is 39.5 Å². The number of phosphoric acid groups is 2. The van der Waals surface area contributed by atoms with Gasteiger partial charge in [-0.25, -0.2) is 9.13 Å². The van der Waals surface area contributed by atoms with Crippen LogP contribution >= 0.6 is 15.6 Å². The first kappa shape index (κ1) is 97.1. The zero-order chi connectivity index (χ0) is 73.0. The Labute approximate surface area is 607 Å². The van der Waals surface area contributed by atoms with Crippen molar-refractivity contribution in [1.29, 1.82) is 0 Å². The summed E-state index contributed by atoms with van der Waals surface area (Å²) >= 11 is 0. The number of hydrogen-bond donors (Lipinski definition) is 3. The smallest absolute Gasteiger partial charge is 0.462 e. The monoisotopic (exact) mass is 1450 g/mol. The summed E-state index contributed by atoms with van der Waals surface area (Å²) in [5, 5.41) is 10.6. The van der Waals surface area contributed by atoms with Crippen LogP contribution in [0.2, 0.25) is 0 Å². The van der Waals surface area contributed by atoms with Gasteiger partial charge in [-0.3, -0.25) is 37.3 Å². The molecule has 0 spiro atoms. The second kappa shape index (κ2) is 70.4. The Balaban J connectivity index is 5.22. The normalized spacial score (nSPS) is 14.0. The highest BCUT2D eigenvalue weighted by Gasteiger charge is 2.30. The molecule has 0 aromatic carbocycles. The topological polar surface area (TPSA) is 237 Å². The maximum atomic E-state index is 13.1. The van der Waals surface area contributed by atoms with Crippen LogP contribution in [0.15, 0.2) is 0 Å². The summed E-state index contributed by atoms with van der Waals surface area (Å²) in [6.45, 7) is 11.9. The van der Waals surface area contributed by atoms with Crippen molar-refractivity contribution in [2.45, 2.75) is 433 Å². The highest BCUT2D eigenvalue weighted by molar-refractivity contribution is 7.47. The number of unbranched alkanes of at least 4 members (excludes halogenated alkanes) is 46. The number of esters is 4. The fourth-order valence-corrected chi connectivity index (χ4v) is 13.9. The minimum Gasteiger partial charge on any atom is -0.462 e. The predicted molar refractivity (Wildman–Crippen MR) is 405 cm³/mol. The quantitative estimate of drug-likeness (QED) is 0.0222. The van der Waals surface area contributed by atoms with E-state index in [9.17, 15) is 43.2 Å². The van der Waals surface area contributed by atoms with Gasteiger partial charge < -0.3 is 33.8 Å². The number of carbonyl (C=O) groups is 4. The first-order valence-electron chi connectivity index (χ1n) is 41.3. The molecular weight excluding hydrogens is 1290 g/mol. The summed E-state index contributed by atoms with van der Waals surface area (Å²) in [6.07, 6.45) is 58.5. The maximum absolute atomic E-state index is 13.1. The van der Waals surface area contributed by atoms with Crippen LogP contribution < -0.4 is 0 Å². The van der Waals surface area contributed by atoms with Crippen LogP contribution in [0.1, 0.15) is 414 Å². The summed E-state index contributed by atoms with van der Waals surface area (Å²) in [4.78, 5) is 73.0. The summed E-state index contributed by atoms with van der Waals surface area (Å²) < 4.78 is 68.7. The van der Waals surface area contributed by atoms with Crippen LogP contribution in [0.5, 0.6) is 0 Å². The average Bonchev–Trinajstić information content (AvgIpc) is 0.990. The van der Waals surface area contributed by atoms with Gasteiger partial charge in [-0.15, -0.1) is 0 Å². The third kappa shape index (κ3) is 74.1. The Morgan fingerprint density at radius 3 is 0.687 bits per heavy atom. The molecule has 0 rings (SSSR count). The van der Waals surface area contributed by atoms with Gasteiger partial charge in [-0.05, 0) is 43.4 Å². The van der Waals surface area contributed by atoms with Gasteiger partial charge in [0.25, 0.3) is 0 Å². The predicted octanol–water partition coefficient (Wildman–Crippen LogP) is 23.7. The van der Waals surface area contributed by atoms with Crippen LogP contribution in [-0.2, 0) is 65.4 Å². The Morgan fingerprint density at radius 2 is 0.465 bits per heavy atom. The largest absolute Gasteiger partial charge is 0.472 e. The summed E-state index contributed by atoms with van der Waals surface area (Å²) in [7, 11) is -9.92. The Kier molecular flexibility index (Phi) is 69.0. The molecule has 2 unspecified atom stereocenters. The molecule has 3 N–H and O–H groups in total. The zero-order valence-corrected chi connectivity index (χ0v) is 66.8. The summed E-state index contributed by atoms with van der Waals surface area (Å²) in [5.74, 6) is 0.127. The van der Waals surface area contributed by atoms with Gasteiger partial charge in [0.2, 0.25) is 0 Å². The van der Waals surface area contributed by atoms with Gasteiger partial charge in [-0.2, -0.15) is 0 Å². The van der Waals surface area contributed by atoms with E-state index >= 15 is 0 Å². The highest BCUT2D eigenvalue weighted by atomic mass is 31.2. The first-order chi connectivity index (χ1) is 47.7. The van der Waals surface area contributed by atoms with Crippen molar-refractivity contribution < 1.29 is 80.2 Å². The molecule has 0 saturated heterocycles. The number of ether oxygens (including phenoxy) is 4. The molecule has 17 nitrogen and oxygen atoms in total. The maximum Gasteiger partial charge on any atom is 0.472 e. The van der Waals surface area contributed by atoms with E-state index in [1.54, 1.807) is 0 Å². The van der Waals surface area contributed by atoms with E-state index in [0.717, 1.165) is 108 Å². The molecule has 0 aliphatic rings. The minimum absolute atomic E-state index is 0.106. The molecule has 0 aromatic rings. The lowest BCUT2D eigenvalue weighted by Crippen LogP contribution is -2.30. The highest BCUT2D eigenvalue weighted by Crippen LogP contribution is 2.45. The van der Waals surface area contributed by atoms with Crippen LogP contribution in [0.3, 0.4) is 0 Å². The molecule has 0 aromatic heterocycles. The molecule has 0 heterocycles. The average molecular weight is 1450 g/mol. The molecule has 0 aliphatic heterocycles. The van der Waals surface area contributed by atoms with Crippen molar-refractivity contribution in [3.8, 4) is 0 Å². The number of carbonyl (C=O) groups excluding carboxylic acids is 4. The Hall–Kier alpha value is -1.94. The van der Waals surface area contributed by atoms with Crippen LogP contribution in [-0.4, -0.2) is 96.7 Å². The third-order valence-electron chi connectivity index (χ3n) is 18.6. The van der Waals surface area contributed by atoms with E-state index in [-0.39, 0.29) is 25.7 Å². The summed E-state index contributed by atoms with van der Waals surface area (Å²) in [5.41, 5.74) is 0. The SMILES string of the molecule is CCCCCCCCCCCCCCCCCCCCCCCC(=O)O[C@H](COC(=O)CCCCCCCCCCCCCC(C)C)COP(=O)(O)OC[C@@H](O)COP(=O)(O)OC[C@@H](COC(=O)CCCCCCCCCC(C)C)OC(=O)CCCCCCCCCCCCCC(C)C. The van der Waals surface area contributed by atoms with E-state index < -0.39 is 97.5 Å². The fourth-order valence-electron chi connectivity index (χ4n) is 12.3. The van der Waals surface area contributed by atoms with Gasteiger partial charge in [0.15, 0.2) is 12.2 Å². The van der Waals surface area contributed by atoms with Gasteiger partial charge in [0.05, 0.1) is 26.4 Å². The van der Waals surface area contributed by atoms with Crippen molar-refractivity contribution in [2.24, 2.45) is 17.8 Å². The molecule has 0 radical (unpaired) electrons. The van der Waals surface area contributed by atoms with Crippen molar-refractivity contribution in [2.75, 3.05) is 39.6 Å². The molecule has 19 heteroatoms. The van der Waals surface area contributed by atoms with E-state index in [1.165, 1.54) is 218 Å². The van der Waals surface area contributed by atoms with E-state index in [1.807, 2.05) is 0 Å². The van der Waals surface area contributed by atoms with E-state index in [0.29, 0.717) is 31.6 Å². The second-order valence-electron chi connectivity index (χ2n) is 30.2. The summed E-state index contributed by atoms with van der Waals surface area (Å²) in [6, 6.07) is 0. The van der Waals surface area contributed by atoms with Crippen LogP contribution in [0.25, 0.3) is 0 Å².